The fraction of sp³-hybridized carbons (Fsp3) is 0.211. The minimum absolute atomic E-state index is 0.137. The lowest BCUT2D eigenvalue weighted by Crippen LogP contribution is -2.16. The van der Waals surface area contributed by atoms with Gasteiger partial charge < -0.3 is 10.1 Å². The van der Waals surface area contributed by atoms with E-state index in [2.05, 4.69) is 15.3 Å². The van der Waals surface area contributed by atoms with Crippen LogP contribution in [0.15, 0.2) is 30.3 Å². The summed E-state index contributed by atoms with van der Waals surface area (Å²) in [5, 5.41) is 3.41. The maximum atomic E-state index is 12.7. The van der Waals surface area contributed by atoms with Crippen molar-refractivity contribution in [3.8, 4) is 5.88 Å². The number of hydrogen-bond acceptors (Lipinski definition) is 4. The second kappa shape index (κ2) is 6.69. The van der Waals surface area contributed by atoms with Crippen molar-refractivity contribution in [1.29, 1.82) is 0 Å². The molecule has 1 aromatic heterocycles. The summed E-state index contributed by atoms with van der Waals surface area (Å²) in [5.74, 6) is -0.206. The summed E-state index contributed by atoms with van der Waals surface area (Å²) >= 11 is 6.11. The molecular formula is C19H18ClN3O2. The number of hydrogen-bond donors (Lipinski definition) is 1. The number of amides is 1. The first-order valence-corrected chi connectivity index (χ1v) is 8.18. The molecule has 0 saturated heterocycles. The van der Waals surface area contributed by atoms with Gasteiger partial charge in [0.25, 0.3) is 5.91 Å². The van der Waals surface area contributed by atoms with Crippen LogP contribution in [0.5, 0.6) is 5.88 Å². The number of anilines is 1. The molecule has 128 valence electrons. The fourth-order valence-electron chi connectivity index (χ4n) is 2.51. The van der Waals surface area contributed by atoms with Gasteiger partial charge in [-0.1, -0.05) is 17.7 Å². The largest absolute Gasteiger partial charge is 0.479 e. The third-order valence-electron chi connectivity index (χ3n) is 4.17. The van der Waals surface area contributed by atoms with Gasteiger partial charge in [-0.05, 0) is 61.7 Å². The number of halogens is 1. The lowest BCUT2D eigenvalue weighted by molar-refractivity contribution is 0.101. The maximum Gasteiger partial charge on any atom is 0.279 e. The molecule has 1 amide bonds. The number of fused-ring (bicyclic) bond motifs is 1. The summed E-state index contributed by atoms with van der Waals surface area (Å²) < 4.78 is 5.28. The number of ether oxygens (including phenoxy) is 1. The lowest BCUT2D eigenvalue weighted by Gasteiger charge is -2.12. The van der Waals surface area contributed by atoms with Gasteiger partial charge in [0, 0.05) is 10.7 Å². The predicted octanol–water partition coefficient (Wildman–Crippen LogP) is 4.47. The second-order valence-electron chi connectivity index (χ2n) is 5.87. The molecule has 6 heteroatoms. The molecule has 0 aliphatic rings. The summed E-state index contributed by atoms with van der Waals surface area (Å²) in [6, 6.07) is 9.18. The van der Waals surface area contributed by atoms with Crippen LogP contribution in [0.4, 0.5) is 5.69 Å². The van der Waals surface area contributed by atoms with Crippen LogP contribution in [0.1, 0.15) is 27.2 Å². The maximum absolute atomic E-state index is 12.7. The molecule has 1 N–H and O–H groups in total. The van der Waals surface area contributed by atoms with Crippen LogP contribution >= 0.6 is 11.6 Å². The first-order valence-electron chi connectivity index (χ1n) is 7.80. The Labute approximate surface area is 151 Å². The van der Waals surface area contributed by atoms with Crippen molar-refractivity contribution in [3.63, 3.8) is 0 Å². The zero-order chi connectivity index (χ0) is 18.1. The van der Waals surface area contributed by atoms with Crippen LogP contribution in [-0.2, 0) is 0 Å². The topological polar surface area (TPSA) is 64.1 Å². The van der Waals surface area contributed by atoms with Gasteiger partial charge in [0.15, 0.2) is 5.69 Å². The first-order chi connectivity index (χ1) is 11.9. The van der Waals surface area contributed by atoms with E-state index >= 15 is 0 Å². The van der Waals surface area contributed by atoms with Gasteiger partial charge in [-0.25, -0.2) is 9.97 Å². The Morgan fingerprint density at radius 1 is 1.08 bits per heavy atom. The van der Waals surface area contributed by atoms with Crippen LogP contribution in [0, 0.1) is 20.8 Å². The van der Waals surface area contributed by atoms with Gasteiger partial charge >= 0.3 is 0 Å². The van der Waals surface area contributed by atoms with E-state index in [1.807, 2.05) is 32.9 Å². The van der Waals surface area contributed by atoms with Crippen molar-refractivity contribution in [2.24, 2.45) is 0 Å². The summed E-state index contributed by atoms with van der Waals surface area (Å²) in [5.41, 5.74) is 5.09. The van der Waals surface area contributed by atoms with E-state index in [1.165, 1.54) is 7.11 Å². The zero-order valence-corrected chi connectivity index (χ0v) is 15.2. The van der Waals surface area contributed by atoms with Crippen LogP contribution in [0.2, 0.25) is 5.02 Å². The first kappa shape index (κ1) is 17.2. The molecule has 3 rings (SSSR count). The van der Waals surface area contributed by atoms with Crippen molar-refractivity contribution in [3.05, 3.63) is 57.7 Å². The Balaban J connectivity index is 2.05. The Hall–Kier alpha value is -2.66. The molecule has 0 aliphatic carbocycles. The van der Waals surface area contributed by atoms with Crippen molar-refractivity contribution < 1.29 is 9.53 Å². The number of nitrogens with zero attached hydrogens (tertiary/aromatic N) is 2. The highest BCUT2D eigenvalue weighted by Gasteiger charge is 2.19. The minimum atomic E-state index is -0.394. The predicted molar refractivity (Wildman–Crippen MR) is 99.7 cm³/mol. The zero-order valence-electron chi connectivity index (χ0n) is 14.5. The minimum Gasteiger partial charge on any atom is -0.479 e. The number of carbonyl (C=O) groups is 1. The van der Waals surface area contributed by atoms with Crippen LogP contribution in [0.25, 0.3) is 11.0 Å². The van der Waals surface area contributed by atoms with Crippen LogP contribution in [0.3, 0.4) is 0 Å². The summed E-state index contributed by atoms with van der Waals surface area (Å²) in [6.07, 6.45) is 0. The quantitative estimate of drug-likeness (QED) is 0.752. The standard InChI is InChI=1S/C19H18ClN3O2/c1-10-8-15-16(9-11(10)2)23-19(25-4)17(21-15)18(24)22-14-7-5-6-13(20)12(14)3/h5-9H,1-4H3,(H,22,24). The Morgan fingerprint density at radius 2 is 1.72 bits per heavy atom. The lowest BCUT2D eigenvalue weighted by atomic mass is 10.1. The third kappa shape index (κ3) is 3.28. The van der Waals surface area contributed by atoms with Crippen molar-refractivity contribution >= 4 is 34.2 Å². The second-order valence-corrected chi connectivity index (χ2v) is 6.28. The molecular weight excluding hydrogens is 338 g/mol. The van der Waals surface area contributed by atoms with Gasteiger partial charge in [-0.15, -0.1) is 0 Å². The van der Waals surface area contributed by atoms with Crippen molar-refractivity contribution in [2.45, 2.75) is 20.8 Å². The molecule has 0 fully saturated rings. The van der Waals surface area contributed by atoms with Crippen molar-refractivity contribution in [2.75, 3.05) is 12.4 Å². The number of aromatic nitrogens is 2. The monoisotopic (exact) mass is 355 g/mol. The van der Waals surface area contributed by atoms with Gasteiger partial charge in [-0.2, -0.15) is 0 Å². The molecule has 0 spiro atoms. The van der Waals surface area contributed by atoms with Gasteiger partial charge in [-0.3, -0.25) is 4.79 Å². The van der Waals surface area contributed by atoms with Gasteiger partial charge in [0.2, 0.25) is 5.88 Å². The number of carbonyl (C=O) groups excluding carboxylic acids is 1. The molecule has 0 saturated carbocycles. The SMILES string of the molecule is COc1nc2cc(C)c(C)cc2nc1C(=O)Nc1cccc(Cl)c1C. The van der Waals surface area contributed by atoms with Crippen LogP contribution < -0.4 is 10.1 Å². The summed E-state index contributed by atoms with van der Waals surface area (Å²) in [7, 11) is 1.47. The highest BCUT2D eigenvalue weighted by molar-refractivity contribution is 6.31. The molecule has 1 heterocycles. The highest BCUT2D eigenvalue weighted by Crippen LogP contribution is 2.26. The molecule has 0 bridgehead atoms. The molecule has 3 aromatic rings. The van der Waals surface area contributed by atoms with E-state index in [-0.39, 0.29) is 11.6 Å². The van der Waals surface area contributed by atoms with Crippen molar-refractivity contribution in [1.82, 2.24) is 9.97 Å². The van der Waals surface area contributed by atoms with E-state index in [0.717, 1.165) is 16.7 Å². The Morgan fingerprint density at radius 3 is 2.36 bits per heavy atom. The molecule has 25 heavy (non-hydrogen) atoms. The third-order valence-corrected chi connectivity index (χ3v) is 4.58. The van der Waals surface area contributed by atoms with E-state index in [1.54, 1.807) is 18.2 Å². The van der Waals surface area contributed by atoms with Crippen LogP contribution in [-0.4, -0.2) is 23.0 Å². The van der Waals surface area contributed by atoms with E-state index in [9.17, 15) is 4.79 Å². The molecule has 5 nitrogen and oxygen atoms in total. The Kier molecular flexibility index (Phi) is 4.59. The van der Waals surface area contributed by atoms with E-state index < -0.39 is 5.91 Å². The smallest absolute Gasteiger partial charge is 0.279 e. The molecule has 0 atom stereocenters. The number of aryl methyl sites for hydroxylation is 2. The summed E-state index contributed by atoms with van der Waals surface area (Å²) in [4.78, 5) is 21.6. The molecule has 2 aromatic carbocycles. The Bertz CT molecular complexity index is 986. The molecule has 0 aliphatic heterocycles. The number of methoxy groups -OCH3 is 1. The highest BCUT2D eigenvalue weighted by atomic mass is 35.5. The molecule has 0 radical (unpaired) electrons. The summed E-state index contributed by atoms with van der Waals surface area (Å²) in [6.45, 7) is 5.84. The van der Waals surface area contributed by atoms with E-state index in [0.29, 0.717) is 21.7 Å². The number of nitrogens with one attached hydrogen (secondary N) is 1. The average molecular weight is 356 g/mol. The number of benzene rings is 2. The van der Waals surface area contributed by atoms with Gasteiger partial charge in [0.05, 0.1) is 18.1 Å². The van der Waals surface area contributed by atoms with E-state index in [4.69, 9.17) is 16.3 Å². The fourth-order valence-corrected chi connectivity index (χ4v) is 2.68. The van der Waals surface area contributed by atoms with Gasteiger partial charge in [0.1, 0.15) is 0 Å². The molecule has 0 unspecified atom stereocenters. The average Bonchev–Trinajstić information content (AvgIpc) is 2.59. The normalized spacial score (nSPS) is 10.8. The number of rotatable bonds is 3.